The minimum absolute atomic E-state index is 0.0305. The first-order valence-corrected chi connectivity index (χ1v) is 6.25. The third kappa shape index (κ3) is 2.99. The average Bonchev–Trinajstić information content (AvgIpc) is 2.69. The molecule has 5 nitrogen and oxygen atoms in total. The van der Waals surface area contributed by atoms with Crippen molar-refractivity contribution in [2.45, 2.75) is 27.3 Å². The minimum Gasteiger partial charge on any atom is -0.493 e. The Morgan fingerprint density at radius 1 is 1.32 bits per heavy atom. The van der Waals surface area contributed by atoms with Crippen molar-refractivity contribution in [1.29, 1.82) is 0 Å². The first-order valence-electron chi connectivity index (χ1n) is 6.25. The summed E-state index contributed by atoms with van der Waals surface area (Å²) in [5, 5.41) is 4.20. The number of nitrogens with zero attached hydrogens (tertiary/aromatic N) is 3. The lowest BCUT2D eigenvalue weighted by molar-refractivity contribution is 0.0963. The number of ether oxygens (including phenoxy) is 1. The number of aromatic nitrogens is 3. The number of aryl methyl sites for hydroxylation is 2. The zero-order valence-corrected chi connectivity index (χ0v) is 11.4. The van der Waals surface area contributed by atoms with Gasteiger partial charge in [-0.15, -0.1) is 0 Å². The van der Waals surface area contributed by atoms with Gasteiger partial charge in [-0.25, -0.2) is 9.67 Å². The van der Waals surface area contributed by atoms with E-state index < -0.39 is 0 Å². The van der Waals surface area contributed by atoms with Gasteiger partial charge in [0.05, 0.1) is 12.2 Å². The molecule has 0 atom stereocenters. The summed E-state index contributed by atoms with van der Waals surface area (Å²) >= 11 is 0. The molecule has 100 valence electrons. The van der Waals surface area contributed by atoms with Crippen molar-refractivity contribution in [2.24, 2.45) is 0 Å². The van der Waals surface area contributed by atoms with Crippen molar-refractivity contribution in [1.82, 2.24) is 14.8 Å². The molecule has 0 bridgehead atoms. The number of hydrogen-bond donors (Lipinski definition) is 0. The summed E-state index contributed by atoms with van der Waals surface area (Å²) in [5.41, 5.74) is 0.580. The van der Waals surface area contributed by atoms with Crippen LogP contribution in [0.1, 0.15) is 28.9 Å². The summed E-state index contributed by atoms with van der Waals surface area (Å²) in [4.78, 5) is 16.5. The summed E-state index contributed by atoms with van der Waals surface area (Å²) in [6.07, 6.45) is 0. The summed E-state index contributed by atoms with van der Waals surface area (Å²) in [7, 11) is 0. The van der Waals surface area contributed by atoms with Crippen molar-refractivity contribution in [3.8, 4) is 5.75 Å². The van der Waals surface area contributed by atoms with Gasteiger partial charge in [0.2, 0.25) is 0 Å². The molecule has 2 rings (SSSR count). The van der Waals surface area contributed by atoms with Crippen LogP contribution in [0.4, 0.5) is 0 Å². The van der Waals surface area contributed by atoms with Crippen molar-refractivity contribution >= 4 is 5.78 Å². The first kappa shape index (κ1) is 13.3. The molecular formula is C14H17N3O2. The summed E-state index contributed by atoms with van der Waals surface area (Å²) in [6, 6.07) is 7.25. The van der Waals surface area contributed by atoms with Crippen LogP contribution in [-0.4, -0.2) is 27.2 Å². The largest absolute Gasteiger partial charge is 0.493 e. The SMILES string of the molecule is CCOc1ccccc1C(=O)Cn1nc(C)nc1C. The van der Waals surface area contributed by atoms with E-state index in [-0.39, 0.29) is 12.3 Å². The number of para-hydroxylation sites is 1. The van der Waals surface area contributed by atoms with Crippen molar-refractivity contribution < 1.29 is 9.53 Å². The highest BCUT2D eigenvalue weighted by Crippen LogP contribution is 2.19. The van der Waals surface area contributed by atoms with E-state index in [1.54, 1.807) is 16.8 Å². The highest BCUT2D eigenvalue weighted by molar-refractivity contribution is 5.98. The maximum absolute atomic E-state index is 12.3. The Kier molecular flexibility index (Phi) is 3.94. The molecule has 0 fully saturated rings. The summed E-state index contributed by atoms with van der Waals surface area (Å²) in [6.45, 7) is 6.25. The van der Waals surface area contributed by atoms with Gasteiger partial charge in [-0.2, -0.15) is 5.10 Å². The highest BCUT2D eigenvalue weighted by Gasteiger charge is 2.14. The van der Waals surface area contributed by atoms with Gasteiger partial charge >= 0.3 is 0 Å². The van der Waals surface area contributed by atoms with Crippen LogP contribution in [0.3, 0.4) is 0 Å². The molecule has 19 heavy (non-hydrogen) atoms. The van der Waals surface area contributed by atoms with Crippen molar-refractivity contribution in [3.63, 3.8) is 0 Å². The van der Waals surface area contributed by atoms with E-state index in [1.807, 2.05) is 32.9 Å². The van der Waals surface area contributed by atoms with Crippen molar-refractivity contribution in [3.05, 3.63) is 41.5 Å². The molecule has 0 aliphatic heterocycles. The van der Waals surface area contributed by atoms with Crippen molar-refractivity contribution in [2.75, 3.05) is 6.61 Å². The first-order chi connectivity index (χ1) is 9.11. The van der Waals surface area contributed by atoms with E-state index in [1.165, 1.54) is 0 Å². The molecule has 0 radical (unpaired) electrons. The zero-order valence-electron chi connectivity index (χ0n) is 11.4. The Labute approximate surface area is 112 Å². The van der Waals surface area contributed by atoms with Gasteiger partial charge in [-0.05, 0) is 32.9 Å². The molecule has 0 aliphatic carbocycles. The maximum atomic E-state index is 12.3. The second-order valence-corrected chi connectivity index (χ2v) is 4.22. The monoisotopic (exact) mass is 259 g/mol. The molecule has 1 heterocycles. The number of rotatable bonds is 5. The molecule has 0 amide bonds. The Morgan fingerprint density at radius 3 is 2.68 bits per heavy atom. The second-order valence-electron chi connectivity index (χ2n) is 4.22. The molecule has 1 aromatic heterocycles. The number of hydrogen-bond acceptors (Lipinski definition) is 4. The molecule has 0 saturated carbocycles. The lowest BCUT2D eigenvalue weighted by Crippen LogP contribution is -2.14. The molecule has 2 aromatic rings. The number of ketones is 1. The smallest absolute Gasteiger partial charge is 0.188 e. The Balaban J connectivity index is 2.22. The van der Waals surface area contributed by atoms with Crippen LogP contribution in [0.15, 0.2) is 24.3 Å². The van der Waals surface area contributed by atoms with E-state index in [9.17, 15) is 4.79 Å². The zero-order chi connectivity index (χ0) is 13.8. The minimum atomic E-state index is -0.0305. The fourth-order valence-electron chi connectivity index (χ4n) is 1.91. The highest BCUT2D eigenvalue weighted by atomic mass is 16.5. The molecule has 0 N–H and O–H groups in total. The van der Waals surface area contributed by atoms with Crippen LogP contribution >= 0.6 is 0 Å². The standard InChI is InChI=1S/C14H17N3O2/c1-4-19-14-8-6-5-7-12(14)13(18)9-17-11(3)15-10(2)16-17/h5-8H,4,9H2,1-3H3. The van der Waals surface area contributed by atoms with Crippen LogP contribution in [0.5, 0.6) is 5.75 Å². The molecular weight excluding hydrogens is 242 g/mol. The Bertz CT molecular complexity index is 590. The van der Waals surface area contributed by atoms with Crippen LogP contribution in [0.2, 0.25) is 0 Å². The van der Waals surface area contributed by atoms with E-state index >= 15 is 0 Å². The van der Waals surface area contributed by atoms with Crippen LogP contribution < -0.4 is 4.74 Å². The summed E-state index contributed by atoms with van der Waals surface area (Å²) in [5.74, 6) is 1.99. The van der Waals surface area contributed by atoms with E-state index in [0.29, 0.717) is 23.7 Å². The van der Waals surface area contributed by atoms with Gasteiger partial charge in [-0.3, -0.25) is 4.79 Å². The molecule has 0 spiro atoms. The number of benzene rings is 1. The van der Waals surface area contributed by atoms with E-state index in [0.717, 1.165) is 5.82 Å². The van der Waals surface area contributed by atoms with Crippen LogP contribution in [0, 0.1) is 13.8 Å². The normalized spacial score (nSPS) is 10.5. The number of Topliss-reactive ketones (excluding diaryl/α,β-unsaturated/α-hetero) is 1. The van der Waals surface area contributed by atoms with Gasteiger partial charge in [0.25, 0.3) is 0 Å². The van der Waals surface area contributed by atoms with Gasteiger partial charge < -0.3 is 4.74 Å². The second kappa shape index (κ2) is 5.65. The maximum Gasteiger partial charge on any atom is 0.188 e. The van der Waals surface area contributed by atoms with E-state index in [4.69, 9.17) is 4.74 Å². The number of carbonyl (C=O) groups is 1. The molecule has 0 saturated heterocycles. The van der Waals surface area contributed by atoms with Gasteiger partial charge in [-0.1, -0.05) is 12.1 Å². The lowest BCUT2D eigenvalue weighted by Gasteiger charge is -2.09. The predicted molar refractivity (Wildman–Crippen MR) is 71.4 cm³/mol. The van der Waals surface area contributed by atoms with Crippen LogP contribution in [0.25, 0.3) is 0 Å². The molecule has 0 aliphatic rings. The van der Waals surface area contributed by atoms with Crippen LogP contribution in [-0.2, 0) is 6.54 Å². The Hall–Kier alpha value is -2.17. The number of carbonyl (C=O) groups excluding carboxylic acids is 1. The Morgan fingerprint density at radius 2 is 2.05 bits per heavy atom. The van der Waals surface area contributed by atoms with Gasteiger partial charge in [0.15, 0.2) is 5.78 Å². The fourth-order valence-corrected chi connectivity index (χ4v) is 1.91. The average molecular weight is 259 g/mol. The predicted octanol–water partition coefficient (Wildman–Crippen LogP) is 2.18. The third-order valence-electron chi connectivity index (χ3n) is 2.74. The van der Waals surface area contributed by atoms with E-state index in [2.05, 4.69) is 10.1 Å². The molecule has 5 heteroatoms. The quantitative estimate of drug-likeness (QED) is 0.772. The van der Waals surface area contributed by atoms with Gasteiger partial charge in [0, 0.05) is 0 Å². The molecule has 1 aromatic carbocycles. The fraction of sp³-hybridized carbons (Fsp3) is 0.357. The molecule has 0 unspecified atom stereocenters. The third-order valence-corrected chi connectivity index (χ3v) is 2.74. The van der Waals surface area contributed by atoms with Gasteiger partial charge in [0.1, 0.15) is 23.9 Å². The topological polar surface area (TPSA) is 57.0 Å². The summed E-state index contributed by atoms with van der Waals surface area (Å²) < 4.78 is 7.08. The lowest BCUT2D eigenvalue weighted by atomic mass is 10.1.